The zero-order chi connectivity index (χ0) is 6.12. The summed E-state index contributed by atoms with van der Waals surface area (Å²) in [6.45, 7) is 8.61. The molecule has 0 saturated carbocycles. The molecule has 1 nitrogen and oxygen atoms in total. The number of hydrogen-bond acceptors (Lipinski definition) is 1. The van der Waals surface area contributed by atoms with E-state index in [0.717, 1.165) is 0 Å². The quantitative estimate of drug-likeness (QED) is 0.493. The molecule has 0 aromatic heterocycles. The number of nitrogens with two attached hydrogens (primary N) is 1. The summed E-state index contributed by atoms with van der Waals surface area (Å²) in [7, 11) is 0. The summed E-state index contributed by atoms with van der Waals surface area (Å²) in [5, 5.41) is 0. The summed E-state index contributed by atoms with van der Waals surface area (Å²) in [6.07, 6.45) is 3.83. The van der Waals surface area contributed by atoms with Gasteiger partial charge in [0.25, 0.3) is 0 Å². The highest BCUT2D eigenvalue weighted by molar-refractivity contribution is 4.76. The zero-order valence-electron chi connectivity index (χ0n) is 4.85. The Kier molecular flexibility index (Phi) is 24.9. The van der Waals surface area contributed by atoms with E-state index < -0.39 is 0 Å². The molecular formula is C6H13N. The third-order valence-electron chi connectivity index (χ3n) is 0.372. The van der Waals surface area contributed by atoms with Gasteiger partial charge in [0.1, 0.15) is 0 Å². The molecule has 7 heavy (non-hydrogen) atoms. The van der Waals surface area contributed by atoms with Crippen LogP contribution in [0.25, 0.3) is 0 Å². The Bertz CT molecular complexity index is 39.4. The van der Waals surface area contributed by atoms with E-state index in [-0.39, 0.29) is 0 Å². The largest absolute Gasteiger partial charge is 0.327 e. The van der Waals surface area contributed by atoms with Crippen molar-refractivity contribution in [3.05, 3.63) is 25.3 Å². The SMILES string of the molecule is C/C=C/CN.C=C. The average molecular weight is 99.2 g/mol. The molecule has 1 heteroatoms. The van der Waals surface area contributed by atoms with Crippen LogP contribution >= 0.6 is 0 Å². The lowest BCUT2D eigenvalue weighted by atomic mass is 10.5. The molecule has 0 bridgehead atoms. The van der Waals surface area contributed by atoms with E-state index in [9.17, 15) is 0 Å². The average Bonchev–Trinajstić information content (AvgIpc) is 1.75. The first-order valence-electron chi connectivity index (χ1n) is 2.23. The van der Waals surface area contributed by atoms with Gasteiger partial charge in [-0.1, -0.05) is 12.2 Å². The monoisotopic (exact) mass is 99.1 g/mol. The molecule has 0 heterocycles. The first-order valence-corrected chi connectivity index (χ1v) is 2.23. The lowest BCUT2D eigenvalue weighted by molar-refractivity contribution is 1.25. The van der Waals surface area contributed by atoms with Crippen LogP contribution in [0.5, 0.6) is 0 Å². The third kappa shape index (κ3) is 31.0. The Hall–Kier alpha value is -0.560. The molecule has 0 aliphatic heterocycles. The molecule has 42 valence electrons. The van der Waals surface area contributed by atoms with Crippen molar-refractivity contribution in [1.29, 1.82) is 0 Å². The van der Waals surface area contributed by atoms with Crippen molar-refractivity contribution < 1.29 is 0 Å². The van der Waals surface area contributed by atoms with Crippen LogP contribution in [0, 0.1) is 0 Å². The summed E-state index contributed by atoms with van der Waals surface area (Å²) in [5.41, 5.74) is 5.05. The van der Waals surface area contributed by atoms with Crippen LogP contribution in [-0.2, 0) is 0 Å². The molecule has 0 atom stereocenters. The summed E-state index contributed by atoms with van der Waals surface area (Å²) in [5.74, 6) is 0. The molecule has 0 aliphatic carbocycles. The minimum absolute atomic E-state index is 0.663. The zero-order valence-corrected chi connectivity index (χ0v) is 4.85. The van der Waals surface area contributed by atoms with Crippen molar-refractivity contribution in [2.75, 3.05) is 6.54 Å². The van der Waals surface area contributed by atoms with Crippen LogP contribution in [0.2, 0.25) is 0 Å². The minimum Gasteiger partial charge on any atom is -0.327 e. The van der Waals surface area contributed by atoms with Gasteiger partial charge in [0.05, 0.1) is 0 Å². The molecular weight excluding hydrogens is 86.1 g/mol. The van der Waals surface area contributed by atoms with Crippen molar-refractivity contribution >= 4 is 0 Å². The van der Waals surface area contributed by atoms with Gasteiger partial charge in [-0.2, -0.15) is 0 Å². The van der Waals surface area contributed by atoms with Gasteiger partial charge < -0.3 is 5.73 Å². The molecule has 0 radical (unpaired) electrons. The first kappa shape index (κ1) is 9.67. The lowest BCUT2D eigenvalue weighted by Gasteiger charge is -1.67. The highest BCUT2D eigenvalue weighted by Gasteiger charge is 1.51. The first-order chi connectivity index (χ1) is 3.41. The smallest absolute Gasteiger partial charge is 0.0106 e. The molecule has 0 aromatic rings. The molecule has 0 spiro atoms. The van der Waals surface area contributed by atoms with Gasteiger partial charge in [-0.25, -0.2) is 0 Å². The number of hydrogen-bond donors (Lipinski definition) is 1. The Morgan fingerprint density at radius 3 is 2.00 bits per heavy atom. The molecule has 0 unspecified atom stereocenters. The van der Waals surface area contributed by atoms with E-state index in [1.165, 1.54) is 0 Å². The predicted octanol–water partition coefficient (Wildman–Crippen LogP) is 1.32. The summed E-state index contributed by atoms with van der Waals surface area (Å²) < 4.78 is 0. The van der Waals surface area contributed by atoms with Gasteiger partial charge in [-0.15, -0.1) is 13.2 Å². The van der Waals surface area contributed by atoms with Gasteiger partial charge in [0.2, 0.25) is 0 Å². The van der Waals surface area contributed by atoms with Gasteiger partial charge >= 0.3 is 0 Å². The van der Waals surface area contributed by atoms with Crippen LogP contribution in [0.15, 0.2) is 25.3 Å². The fraction of sp³-hybridized carbons (Fsp3) is 0.333. The number of rotatable bonds is 1. The van der Waals surface area contributed by atoms with Crippen LogP contribution in [0.1, 0.15) is 6.92 Å². The van der Waals surface area contributed by atoms with Crippen LogP contribution in [0.3, 0.4) is 0 Å². The van der Waals surface area contributed by atoms with Crippen molar-refractivity contribution in [3.8, 4) is 0 Å². The fourth-order valence-corrected chi connectivity index (χ4v) is 0.136. The molecule has 0 saturated heterocycles. The standard InChI is InChI=1S/C4H9N.C2H4/c1-2-3-4-5;1-2/h2-3H,4-5H2,1H3;1-2H2/b3-2+;. The van der Waals surface area contributed by atoms with E-state index in [2.05, 4.69) is 13.2 Å². The predicted molar refractivity (Wildman–Crippen MR) is 35.1 cm³/mol. The molecule has 2 N–H and O–H groups in total. The maximum atomic E-state index is 5.05. The minimum atomic E-state index is 0.663. The van der Waals surface area contributed by atoms with Crippen molar-refractivity contribution in [1.82, 2.24) is 0 Å². The molecule has 0 amide bonds. The summed E-state index contributed by atoms with van der Waals surface area (Å²) >= 11 is 0. The van der Waals surface area contributed by atoms with Crippen LogP contribution in [-0.4, -0.2) is 6.54 Å². The topological polar surface area (TPSA) is 26.0 Å². The highest BCUT2D eigenvalue weighted by atomic mass is 14.5. The van der Waals surface area contributed by atoms with Crippen LogP contribution in [0.4, 0.5) is 0 Å². The summed E-state index contributed by atoms with van der Waals surface area (Å²) in [4.78, 5) is 0. The van der Waals surface area contributed by atoms with E-state index >= 15 is 0 Å². The third-order valence-corrected chi connectivity index (χ3v) is 0.372. The molecule has 0 rings (SSSR count). The molecule has 0 aliphatic rings. The van der Waals surface area contributed by atoms with Gasteiger partial charge in [0.15, 0.2) is 0 Å². The Morgan fingerprint density at radius 2 is 2.00 bits per heavy atom. The maximum absolute atomic E-state index is 5.05. The second-order valence-corrected chi connectivity index (χ2v) is 0.805. The molecule has 0 fully saturated rings. The van der Waals surface area contributed by atoms with Crippen molar-refractivity contribution in [2.24, 2.45) is 5.73 Å². The van der Waals surface area contributed by atoms with Gasteiger partial charge in [-0.3, -0.25) is 0 Å². The highest BCUT2D eigenvalue weighted by Crippen LogP contribution is 1.57. The fourth-order valence-electron chi connectivity index (χ4n) is 0.136. The van der Waals surface area contributed by atoms with Gasteiger partial charge in [-0.05, 0) is 6.92 Å². The lowest BCUT2D eigenvalue weighted by Crippen LogP contribution is -1.90. The summed E-state index contributed by atoms with van der Waals surface area (Å²) in [6, 6.07) is 0. The van der Waals surface area contributed by atoms with E-state index in [1.807, 2.05) is 19.1 Å². The second-order valence-electron chi connectivity index (χ2n) is 0.805. The second kappa shape index (κ2) is 18.0. The van der Waals surface area contributed by atoms with E-state index in [0.29, 0.717) is 6.54 Å². The van der Waals surface area contributed by atoms with Crippen LogP contribution < -0.4 is 5.73 Å². The Labute approximate surface area is 45.5 Å². The molecule has 0 aromatic carbocycles. The van der Waals surface area contributed by atoms with Gasteiger partial charge in [0, 0.05) is 6.54 Å². The Balaban J connectivity index is 0. The normalized spacial score (nSPS) is 7.71. The van der Waals surface area contributed by atoms with E-state index in [4.69, 9.17) is 5.73 Å². The van der Waals surface area contributed by atoms with Crippen molar-refractivity contribution in [3.63, 3.8) is 0 Å². The number of allylic oxidation sites excluding steroid dienone is 1. The Morgan fingerprint density at radius 1 is 1.57 bits per heavy atom. The van der Waals surface area contributed by atoms with Crippen molar-refractivity contribution in [2.45, 2.75) is 6.92 Å². The van der Waals surface area contributed by atoms with E-state index in [1.54, 1.807) is 0 Å². The maximum Gasteiger partial charge on any atom is 0.0106 e.